The van der Waals surface area contributed by atoms with Crippen molar-refractivity contribution in [2.75, 3.05) is 13.1 Å². The highest BCUT2D eigenvalue weighted by Gasteiger charge is 2.01. The molecule has 5 heteroatoms. The Bertz CT molecular complexity index is 641. The van der Waals surface area contributed by atoms with Crippen molar-refractivity contribution >= 4 is 5.96 Å². The lowest BCUT2D eigenvalue weighted by atomic mass is 10.1. The fourth-order valence-electron chi connectivity index (χ4n) is 2.17. The van der Waals surface area contributed by atoms with Gasteiger partial charge >= 0.3 is 0 Å². The first kappa shape index (κ1) is 16.9. The van der Waals surface area contributed by atoms with E-state index in [0.717, 1.165) is 36.7 Å². The maximum Gasteiger partial charge on any atom is 0.191 e. The summed E-state index contributed by atoms with van der Waals surface area (Å²) in [5, 5.41) is 6.50. The smallest absolute Gasteiger partial charge is 0.191 e. The molecule has 2 N–H and O–H groups in total. The molecule has 0 radical (unpaired) electrons. The number of pyridine rings is 1. The van der Waals surface area contributed by atoms with Crippen LogP contribution in [0.3, 0.4) is 0 Å². The standard InChI is InChI=1S/C18H23FN4/c1-3-20-18(22-11-9-16-6-4-5-10-21-16)23-13-15-7-8-17(19)14(2)12-15/h4-8,10,12H,3,9,11,13H2,1-2H3,(H2,20,22,23). The van der Waals surface area contributed by atoms with Crippen LogP contribution in [0.25, 0.3) is 0 Å². The normalized spacial score (nSPS) is 11.3. The van der Waals surface area contributed by atoms with Crippen molar-refractivity contribution in [3.63, 3.8) is 0 Å². The molecule has 122 valence electrons. The maximum atomic E-state index is 13.3. The van der Waals surface area contributed by atoms with Crippen molar-refractivity contribution in [3.05, 3.63) is 65.2 Å². The first-order valence-corrected chi connectivity index (χ1v) is 7.86. The molecule has 0 fully saturated rings. The van der Waals surface area contributed by atoms with Gasteiger partial charge in [-0.2, -0.15) is 0 Å². The van der Waals surface area contributed by atoms with Crippen LogP contribution in [-0.2, 0) is 13.0 Å². The second kappa shape index (κ2) is 8.88. The predicted octanol–water partition coefficient (Wildman–Crippen LogP) is 2.83. The van der Waals surface area contributed by atoms with E-state index in [4.69, 9.17) is 0 Å². The minimum Gasteiger partial charge on any atom is -0.357 e. The zero-order valence-corrected chi connectivity index (χ0v) is 13.6. The molecule has 23 heavy (non-hydrogen) atoms. The summed E-state index contributed by atoms with van der Waals surface area (Å²) in [6, 6.07) is 11.0. The number of nitrogens with zero attached hydrogens (tertiary/aromatic N) is 2. The van der Waals surface area contributed by atoms with Gasteiger partial charge in [0, 0.05) is 31.4 Å². The summed E-state index contributed by atoms with van der Waals surface area (Å²) in [6.07, 6.45) is 2.63. The van der Waals surface area contributed by atoms with Crippen molar-refractivity contribution in [3.8, 4) is 0 Å². The molecule has 4 nitrogen and oxygen atoms in total. The summed E-state index contributed by atoms with van der Waals surface area (Å²) in [4.78, 5) is 8.83. The summed E-state index contributed by atoms with van der Waals surface area (Å²) in [5.41, 5.74) is 2.68. The minimum absolute atomic E-state index is 0.182. The molecule has 0 aliphatic rings. The lowest BCUT2D eigenvalue weighted by molar-refractivity contribution is 0.617. The molecule has 0 unspecified atom stereocenters. The van der Waals surface area contributed by atoms with Crippen LogP contribution in [0.15, 0.2) is 47.6 Å². The Morgan fingerprint density at radius 2 is 2.09 bits per heavy atom. The molecule has 2 rings (SSSR count). The Kier molecular flexibility index (Phi) is 6.54. The number of aromatic nitrogens is 1. The Morgan fingerprint density at radius 1 is 1.22 bits per heavy atom. The molecule has 0 bridgehead atoms. The SMILES string of the molecule is CCNC(=NCc1ccc(F)c(C)c1)NCCc1ccccn1. The van der Waals surface area contributed by atoms with Gasteiger partial charge in [-0.05, 0) is 43.2 Å². The summed E-state index contributed by atoms with van der Waals surface area (Å²) in [6.45, 7) is 5.85. The fraction of sp³-hybridized carbons (Fsp3) is 0.333. The zero-order chi connectivity index (χ0) is 16.5. The van der Waals surface area contributed by atoms with Crippen LogP contribution in [0.2, 0.25) is 0 Å². The van der Waals surface area contributed by atoms with Crippen LogP contribution in [0.4, 0.5) is 4.39 Å². The second-order valence-corrected chi connectivity index (χ2v) is 5.28. The molecule has 0 saturated heterocycles. The minimum atomic E-state index is -0.182. The van der Waals surface area contributed by atoms with Gasteiger partial charge in [0.05, 0.1) is 6.54 Å². The summed E-state index contributed by atoms with van der Waals surface area (Å²) in [5.74, 6) is 0.573. The van der Waals surface area contributed by atoms with Gasteiger partial charge in [0.15, 0.2) is 5.96 Å². The highest BCUT2D eigenvalue weighted by Crippen LogP contribution is 2.10. The molecular weight excluding hydrogens is 291 g/mol. The summed E-state index contributed by atoms with van der Waals surface area (Å²) in [7, 11) is 0. The number of aryl methyl sites for hydroxylation is 1. The number of rotatable bonds is 6. The number of benzene rings is 1. The van der Waals surface area contributed by atoms with Crippen LogP contribution in [0, 0.1) is 12.7 Å². The number of guanidine groups is 1. The van der Waals surface area contributed by atoms with E-state index in [1.165, 1.54) is 6.07 Å². The Labute approximate surface area is 136 Å². The lowest BCUT2D eigenvalue weighted by Crippen LogP contribution is -2.38. The quantitative estimate of drug-likeness (QED) is 0.637. The van der Waals surface area contributed by atoms with Gasteiger partial charge in [0.25, 0.3) is 0 Å². The van der Waals surface area contributed by atoms with Gasteiger partial charge in [0.2, 0.25) is 0 Å². The van der Waals surface area contributed by atoms with E-state index in [9.17, 15) is 4.39 Å². The highest BCUT2D eigenvalue weighted by atomic mass is 19.1. The van der Waals surface area contributed by atoms with Gasteiger partial charge in [-0.1, -0.05) is 18.2 Å². The number of nitrogens with one attached hydrogen (secondary N) is 2. The molecular formula is C18H23FN4. The highest BCUT2D eigenvalue weighted by molar-refractivity contribution is 5.79. The van der Waals surface area contributed by atoms with Gasteiger partial charge in [-0.3, -0.25) is 4.98 Å². The average Bonchev–Trinajstić information content (AvgIpc) is 2.56. The third-order valence-corrected chi connectivity index (χ3v) is 3.39. The van der Waals surface area contributed by atoms with E-state index in [1.54, 1.807) is 19.2 Å². The average molecular weight is 314 g/mol. The first-order valence-electron chi connectivity index (χ1n) is 7.86. The van der Waals surface area contributed by atoms with Crippen molar-refractivity contribution in [1.82, 2.24) is 15.6 Å². The molecule has 0 spiro atoms. The Balaban J connectivity index is 1.90. The first-order chi connectivity index (χ1) is 11.2. The van der Waals surface area contributed by atoms with E-state index >= 15 is 0 Å². The Hall–Kier alpha value is -2.43. The van der Waals surface area contributed by atoms with E-state index in [-0.39, 0.29) is 5.82 Å². The van der Waals surface area contributed by atoms with E-state index in [0.29, 0.717) is 12.1 Å². The van der Waals surface area contributed by atoms with Crippen molar-refractivity contribution in [2.45, 2.75) is 26.8 Å². The molecule has 0 atom stereocenters. The van der Waals surface area contributed by atoms with Crippen LogP contribution in [0.5, 0.6) is 0 Å². The second-order valence-electron chi connectivity index (χ2n) is 5.28. The van der Waals surface area contributed by atoms with Gasteiger partial charge in [-0.15, -0.1) is 0 Å². The molecule has 2 aromatic rings. The van der Waals surface area contributed by atoms with Crippen LogP contribution in [0.1, 0.15) is 23.7 Å². The van der Waals surface area contributed by atoms with Crippen molar-refractivity contribution < 1.29 is 4.39 Å². The van der Waals surface area contributed by atoms with Gasteiger partial charge in [-0.25, -0.2) is 9.38 Å². The number of hydrogen-bond acceptors (Lipinski definition) is 2. The molecule has 0 amide bonds. The maximum absolute atomic E-state index is 13.3. The topological polar surface area (TPSA) is 49.3 Å². The summed E-state index contributed by atoms with van der Waals surface area (Å²) < 4.78 is 13.3. The molecule has 0 aliphatic carbocycles. The van der Waals surface area contributed by atoms with E-state index in [1.807, 2.05) is 31.2 Å². The molecule has 1 aromatic carbocycles. The predicted molar refractivity (Wildman–Crippen MR) is 91.9 cm³/mol. The monoisotopic (exact) mass is 314 g/mol. The van der Waals surface area contributed by atoms with Gasteiger partial charge < -0.3 is 10.6 Å². The van der Waals surface area contributed by atoms with Crippen LogP contribution < -0.4 is 10.6 Å². The van der Waals surface area contributed by atoms with E-state index < -0.39 is 0 Å². The van der Waals surface area contributed by atoms with Gasteiger partial charge in [0.1, 0.15) is 5.82 Å². The zero-order valence-electron chi connectivity index (χ0n) is 13.6. The third-order valence-electron chi connectivity index (χ3n) is 3.39. The molecule has 0 saturated carbocycles. The lowest BCUT2D eigenvalue weighted by Gasteiger charge is -2.11. The van der Waals surface area contributed by atoms with Crippen molar-refractivity contribution in [1.29, 1.82) is 0 Å². The molecule has 1 aromatic heterocycles. The Morgan fingerprint density at radius 3 is 2.78 bits per heavy atom. The number of hydrogen-bond donors (Lipinski definition) is 2. The third kappa shape index (κ3) is 5.70. The number of halogens is 1. The summed E-state index contributed by atoms with van der Waals surface area (Å²) >= 11 is 0. The molecule has 0 aliphatic heterocycles. The molecule has 1 heterocycles. The number of aliphatic imine (C=N–C) groups is 1. The van der Waals surface area contributed by atoms with Crippen molar-refractivity contribution in [2.24, 2.45) is 4.99 Å². The van der Waals surface area contributed by atoms with Crippen LogP contribution >= 0.6 is 0 Å². The fourth-order valence-corrected chi connectivity index (χ4v) is 2.17. The largest absolute Gasteiger partial charge is 0.357 e. The van der Waals surface area contributed by atoms with Crippen LogP contribution in [-0.4, -0.2) is 24.0 Å². The van der Waals surface area contributed by atoms with E-state index in [2.05, 4.69) is 20.6 Å².